The summed E-state index contributed by atoms with van der Waals surface area (Å²) in [5.74, 6) is 0.824. The van der Waals surface area contributed by atoms with Gasteiger partial charge in [0.25, 0.3) is 5.91 Å². The summed E-state index contributed by atoms with van der Waals surface area (Å²) < 4.78 is 19.4. The topological polar surface area (TPSA) is 113 Å². The standard InChI is InChI=1S/C29H32FN5O3/c1-18-6-8-22(38-13-5-11-29(3,4)37)17-23(18)21-10-12-31-25(16-21)33-28(36)27-32-26(34-35-27)15-20-7-9-24(30)19(2)14-20/h6-10,12,14,16-17,37H,5,11,13,15H2,1-4H3,(H,31,33,36)(H,32,34,35). The fourth-order valence-electron chi connectivity index (χ4n) is 4.02. The van der Waals surface area contributed by atoms with E-state index in [4.69, 9.17) is 4.74 Å². The Kier molecular flexibility index (Phi) is 8.16. The minimum absolute atomic E-state index is 0.0105. The molecule has 38 heavy (non-hydrogen) atoms. The zero-order valence-corrected chi connectivity index (χ0v) is 22.0. The first-order valence-electron chi connectivity index (χ1n) is 12.5. The van der Waals surface area contributed by atoms with Crippen LogP contribution >= 0.6 is 0 Å². The van der Waals surface area contributed by atoms with Crippen molar-refractivity contribution in [1.29, 1.82) is 0 Å². The highest BCUT2D eigenvalue weighted by Crippen LogP contribution is 2.29. The van der Waals surface area contributed by atoms with Crippen LogP contribution in [0, 0.1) is 19.7 Å². The van der Waals surface area contributed by atoms with E-state index >= 15 is 0 Å². The van der Waals surface area contributed by atoms with E-state index in [0.717, 1.165) is 34.4 Å². The van der Waals surface area contributed by atoms with Crippen molar-refractivity contribution in [3.8, 4) is 16.9 Å². The third-order valence-electron chi connectivity index (χ3n) is 6.05. The minimum Gasteiger partial charge on any atom is -0.494 e. The molecule has 3 N–H and O–H groups in total. The number of carbonyl (C=O) groups is 1. The number of carbonyl (C=O) groups excluding carboxylic acids is 1. The van der Waals surface area contributed by atoms with Crippen LogP contribution in [0.3, 0.4) is 0 Å². The van der Waals surface area contributed by atoms with Gasteiger partial charge in [0.2, 0.25) is 5.82 Å². The number of anilines is 1. The van der Waals surface area contributed by atoms with Gasteiger partial charge < -0.3 is 15.2 Å². The Balaban J connectivity index is 1.42. The van der Waals surface area contributed by atoms with Crippen LogP contribution in [0.1, 0.15) is 59.8 Å². The Morgan fingerprint density at radius 2 is 1.92 bits per heavy atom. The number of nitrogens with zero attached hydrogens (tertiary/aromatic N) is 3. The molecule has 1 amide bonds. The summed E-state index contributed by atoms with van der Waals surface area (Å²) in [4.78, 5) is 21.3. The summed E-state index contributed by atoms with van der Waals surface area (Å²) in [7, 11) is 0. The van der Waals surface area contributed by atoms with Crippen molar-refractivity contribution in [1.82, 2.24) is 20.2 Å². The highest BCUT2D eigenvalue weighted by atomic mass is 19.1. The lowest BCUT2D eigenvalue weighted by Gasteiger charge is -2.17. The molecule has 198 valence electrons. The number of amides is 1. The van der Waals surface area contributed by atoms with Gasteiger partial charge in [-0.25, -0.2) is 14.4 Å². The minimum atomic E-state index is -0.714. The van der Waals surface area contributed by atoms with Crippen LogP contribution in [0.4, 0.5) is 10.2 Å². The quantitative estimate of drug-likeness (QED) is 0.243. The zero-order chi connectivity index (χ0) is 27.3. The van der Waals surface area contributed by atoms with Gasteiger partial charge in [-0.05, 0) is 98.7 Å². The fourth-order valence-corrected chi connectivity index (χ4v) is 4.02. The summed E-state index contributed by atoms with van der Waals surface area (Å²) >= 11 is 0. The Hall–Kier alpha value is -4.11. The number of hydrogen-bond acceptors (Lipinski definition) is 6. The van der Waals surface area contributed by atoms with Crippen LogP contribution in [0.25, 0.3) is 11.1 Å². The van der Waals surface area contributed by atoms with Crippen LogP contribution in [-0.4, -0.2) is 43.4 Å². The molecule has 0 aliphatic rings. The molecule has 0 atom stereocenters. The number of rotatable bonds is 10. The molecule has 4 rings (SSSR count). The van der Waals surface area contributed by atoms with E-state index in [1.165, 1.54) is 6.07 Å². The van der Waals surface area contributed by atoms with Crippen molar-refractivity contribution in [2.24, 2.45) is 0 Å². The highest BCUT2D eigenvalue weighted by Gasteiger charge is 2.15. The Morgan fingerprint density at radius 3 is 2.68 bits per heavy atom. The molecule has 0 saturated heterocycles. The van der Waals surface area contributed by atoms with Crippen molar-refractivity contribution >= 4 is 11.7 Å². The van der Waals surface area contributed by atoms with Crippen LogP contribution in [0.5, 0.6) is 5.75 Å². The average molecular weight is 518 g/mol. The van der Waals surface area contributed by atoms with Gasteiger partial charge in [0.05, 0.1) is 12.2 Å². The van der Waals surface area contributed by atoms with Crippen molar-refractivity contribution < 1.29 is 19.0 Å². The molecular weight excluding hydrogens is 485 g/mol. The van der Waals surface area contributed by atoms with Crippen molar-refractivity contribution in [2.75, 3.05) is 11.9 Å². The first-order valence-corrected chi connectivity index (χ1v) is 12.5. The second-order valence-electron chi connectivity index (χ2n) is 9.99. The normalized spacial score (nSPS) is 11.4. The van der Waals surface area contributed by atoms with E-state index in [0.29, 0.717) is 36.7 Å². The Labute approximate surface area is 221 Å². The molecule has 0 fully saturated rings. The number of nitrogens with one attached hydrogen (secondary N) is 2. The maximum Gasteiger partial charge on any atom is 0.296 e. The summed E-state index contributed by atoms with van der Waals surface area (Å²) in [6.07, 6.45) is 3.41. The van der Waals surface area contributed by atoms with Gasteiger partial charge in [0.1, 0.15) is 23.2 Å². The number of aliphatic hydroxyl groups is 1. The van der Waals surface area contributed by atoms with E-state index in [-0.39, 0.29) is 11.6 Å². The fraction of sp³-hybridized carbons (Fsp3) is 0.310. The number of aryl methyl sites for hydroxylation is 2. The molecule has 9 heteroatoms. The number of ether oxygens (including phenoxy) is 1. The molecule has 8 nitrogen and oxygen atoms in total. The molecule has 0 saturated carbocycles. The first kappa shape index (κ1) is 26.9. The SMILES string of the molecule is Cc1cc(Cc2nc(C(=O)Nc3cc(-c4cc(OCCCC(C)(C)O)ccc4C)ccn3)n[nH]2)ccc1F. The third kappa shape index (κ3) is 7.23. The van der Waals surface area contributed by atoms with Crippen LogP contribution in [-0.2, 0) is 6.42 Å². The van der Waals surface area contributed by atoms with E-state index < -0.39 is 11.5 Å². The lowest BCUT2D eigenvalue weighted by Crippen LogP contribution is -2.19. The van der Waals surface area contributed by atoms with Gasteiger partial charge in [-0.15, -0.1) is 5.10 Å². The molecule has 0 bridgehead atoms. The predicted molar refractivity (Wildman–Crippen MR) is 144 cm³/mol. The third-order valence-corrected chi connectivity index (χ3v) is 6.05. The van der Waals surface area contributed by atoms with Crippen LogP contribution in [0.15, 0.2) is 54.7 Å². The van der Waals surface area contributed by atoms with Crippen molar-refractivity contribution in [3.63, 3.8) is 0 Å². The van der Waals surface area contributed by atoms with E-state index in [2.05, 4.69) is 25.5 Å². The predicted octanol–water partition coefficient (Wildman–Crippen LogP) is 5.40. The molecular formula is C29H32FN5O3. The van der Waals surface area contributed by atoms with Crippen molar-refractivity contribution in [2.45, 2.75) is 52.6 Å². The molecule has 0 aliphatic carbocycles. The van der Waals surface area contributed by atoms with Gasteiger partial charge in [0.15, 0.2) is 0 Å². The largest absolute Gasteiger partial charge is 0.494 e. The highest BCUT2D eigenvalue weighted by molar-refractivity contribution is 6.01. The second-order valence-corrected chi connectivity index (χ2v) is 9.99. The lowest BCUT2D eigenvalue weighted by atomic mass is 10.0. The van der Waals surface area contributed by atoms with E-state index in [9.17, 15) is 14.3 Å². The summed E-state index contributed by atoms with van der Waals surface area (Å²) in [5.41, 5.74) is 3.57. The smallest absolute Gasteiger partial charge is 0.296 e. The average Bonchev–Trinajstić information content (AvgIpc) is 3.33. The summed E-state index contributed by atoms with van der Waals surface area (Å²) in [5, 5.41) is 19.4. The van der Waals surface area contributed by atoms with Gasteiger partial charge in [-0.3, -0.25) is 9.89 Å². The number of hydrogen-bond donors (Lipinski definition) is 3. The maximum atomic E-state index is 13.5. The van der Waals surface area contributed by atoms with E-state index in [1.807, 2.05) is 31.2 Å². The monoisotopic (exact) mass is 517 g/mol. The molecule has 4 aromatic rings. The molecule has 0 spiro atoms. The number of halogens is 1. The number of aromatic nitrogens is 4. The zero-order valence-electron chi connectivity index (χ0n) is 22.0. The van der Waals surface area contributed by atoms with Gasteiger partial charge in [-0.1, -0.05) is 18.2 Å². The van der Waals surface area contributed by atoms with Crippen LogP contribution < -0.4 is 10.1 Å². The Morgan fingerprint density at radius 1 is 1.11 bits per heavy atom. The number of benzene rings is 2. The molecule has 0 unspecified atom stereocenters. The Bertz CT molecular complexity index is 1430. The number of pyridine rings is 1. The van der Waals surface area contributed by atoms with Gasteiger partial charge in [-0.2, -0.15) is 0 Å². The van der Waals surface area contributed by atoms with E-state index in [1.54, 1.807) is 45.2 Å². The molecule has 0 aliphatic heterocycles. The molecule has 2 heterocycles. The van der Waals surface area contributed by atoms with Crippen LogP contribution in [0.2, 0.25) is 0 Å². The first-order chi connectivity index (χ1) is 18.1. The lowest BCUT2D eigenvalue weighted by molar-refractivity contribution is 0.0641. The number of H-pyrrole nitrogens is 1. The molecule has 0 radical (unpaired) electrons. The van der Waals surface area contributed by atoms with Crippen molar-refractivity contribution in [3.05, 3.63) is 88.9 Å². The summed E-state index contributed by atoms with van der Waals surface area (Å²) in [6, 6.07) is 14.3. The van der Waals surface area contributed by atoms with Gasteiger partial charge >= 0.3 is 0 Å². The second kappa shape index (κ2) is 11.5. The molecule has 2 aromatic carbocycles. The summed E-state index contributed by atoms with van der Waals surface area (Å²) in [6.45, 7) is 7.77. The number of aromatic amines is 1. The maximum absolute atomic E-state index is 13.5. The van der Waals surface area contributed by atoms with Gasteiger partial charge in [0, 0.05) is 12.6 Å². The molecule has 2 aromatic heterocycles.